The summed E-state index contributed by atoms with van der Waals surface area (Å²) in [4.78, 5) is 29.1. The van der Waals surface area contributed by atoms with Gasteiger partial charge in [0, 0.05) is 19.3 Å². The Bertz CT molecular complexity index is 724. The van der Waals surface area contributed by atoms with Gasteiger partial charge in [-0.15, -0.1) is 0 Å². The number of hydrogen-bond donors (Lipinski definition) is 0. The molecule has 122 valence electrons. The molecule has 2 rings (SSSR count). The van der Waals surface area contributed by atoms with E-state index in [0.717, 1.165) is 16.2 Å². The van der Waals surface area contributed by atoms with Gasteiger partial charge in [0.2, 0.25) is 5.88 Å². The van der Waals surface area contributed by atoms with Gasteiger partial charge < -0.3 is 4.74 Å². The molecule has 2 aromatic heterocycles. The molecular formula is C15H17ClN4O3. The molecule has 2 aromatic rings. The first kappa shape index (κ1) is 17.1. The normalized spacial score (nSPS) is 10.5. The average Bonchev–Trinajstić information content (AvgIpc) is 2.49. The van der Waals surface area contributed by atoms with Crippen LogP contribution >= 0.6 is 11.6 Å². The van der Waals surface area contributed by atoms with E-state index in [4.69, 9.17) is 21.2 Å². The SMILES string of the molecule is CCOc1nc(N(OC)C(C)=O)nc(Cl)c1-c1ccncc1C. The number of pyridine rings is 1. The Morgan fingerprint density at radius 2 is 2.13 bits per heavy atom. The predicted molar refractivity (Wildman–Crippen MR) is 86.3 cm³/mol. The van der Waals surface area contributed by atoms with E-state index in [0.29, 0.717) is 12.2 Å². The Balaban J connectivity index is 2.64. The topological polar surface area (TPSA) is 77.4 Å². The smallest absolute Gasteiger partial charge is 0.262 e. The van der Waals surface area contributed by atoms with E-state index in [9.17, 15) is 4.79 Å². The molecule has 0 aromatic carbocycles. The highest BCUT2D eigenvalue weighted by atomic mass is 35.5. The maximum atomic E-state index is 11.6. The van der Waals surface area contributed by atoms with Crippen molar-refractivity contribution in [3.8, 4) is 17.0 Å². The lowest BCUT2D eigenvalue weighted by Crippen LogP contribution is -2.29. The molecular weight excluding hydrogens is 320 g/mol. The molecule has 0 radical (unpaired) electrons. The second kappa shape index (κ2) is 7.34. The number of ether oxygens (including phenoxy) is 1. The fourth-order valence-corrected chi connectivity index (χ4v) is 2.33. The van der Waals surface area contributed by atoms with Crippen LogP contribution in [0.5, 0.6) is 5.88 Å². The van der Waals surface area contributed by atoms with Crippen molar-refractivity contribution >= 4 is 23.5 Å². The van der Waals surface area contributed by atoms with Crippen molar-refractivity contribution < 1.29 is 14.4 Å². The molecule has 0 atom stereocenters. The lowest BCUT2D eigenvalue weighted by atomic mass is 10.1. The molecule has 1 amide bonds. The first-order valence-corrected chi connectivity index (χ1v) is 7.33. The van der Waals surface area contributed by atoms with E-state index >= 15 is 0 Å². The summed E-state index contributed by atoms with van der Waals surface area (Å²) in [6.07, 6.45) is 3.37. The Labute approximate surface area is 139 Å². The van der Waals surface area contributed by atoms with E-state index in [1.807, 2.05) is 13.8 Å². The first-order chi connectivity index (χ1) is 11.0. The summed E-state index contributed by atoms with van der Waals surface area (Å²) in [6, 6.07) is 1.81. The average molecular weight is 337 g/mol. The maximum Gasteiger partial charge on any atom is 0.262 e. The highest BCUT2D eigenvalue weighted by Gasteiger charge is 2.22. The molecule has 0 saturated carbocycles. The first-order valence-electron chi connectivity index (χ1n) is 6.95. The molecule has 0 unspecified atom stereocenters. The molecule has 7 nitrogen and oxygen atoms in total. The number of carbonyl (C=O) groups is 1. The summed E-state index contributed by atoms with van der Waals surface area (Å²) >= 11 is 6.34. The zero-order chi connectivity index (χ0) is 17.0. The van der Waals surface area contributed by atoms with Gasteiger partial charge in [0.25, 0.3) is 11.9 Å². The van der Waals surface area contributed by atoms with E-state index < -0.39 is 0 Å². The number of hydrogen-bond acceptors (Lipinski definition) is 6. The van der Waals surface area contributed by atoms with Crippen LogP contribution in [0.3, 0.4) is 0 Å². The quantitative estimate of drug-likeness (QED) is 0.617. The highest BCUT2D eigenvalue weighted by molar-refractivity contribution is 6.32. The monoisotopic (exact) mass is 336 g/mol. The molecule has 8 heteroatoms. The lowest BCUT2D eigenvalue weighted by molar-refractivity contribution is -0.122. The highest BCUT2D eigenvalue weighted by Crippen LogP contribution is 2.37. The number of carbonyl (C=O) groups excluding carboxylic acids is 1. The summed E-state index contributed by atoms with van der Waals surface area (Å²) in [6.45, 7) is 5.45. The minimum absolute atomic E-state index is 0.0175. The number of aromatic nitrogens is 3. The second-order valence-electron chi connectivity index (χ2n) is 4.61. The van der Waals surface area contributed by atoms with Gasteiger partial charge in [0.15, 0.2) is 0 Å². The Kier molecular flexibility index (Phi) is 5.46. The van der Waals surface area contributed by atoms with Crippen LogP contribution in [0.4, 0.5) is 5.95 Å². The minimum atomic E-state index is -0.376. The number of amides is 1. The van der Waals surface area contributed by atoms with Gasteiger partial charge in [-0.05, 0) is 31.0 Å². The fraction of sp³-hybridized carbons (Fsp3) is 0.333. The van der Waals surface area contributed by atoms with Crippen LogP contribution in [0.2, 0.25) is 5.15 Å². The van der Waals surface area contributed by atoms with E-state index in [-0.39, 0.29) is 22.9 Å². The number of anilines is 1. The largest absolute Gasteiger partial charge is 0.477 e. The molecule has 0 saturated heterocycles. The molecule has 0 bridgehead atoms. The fourth-order valence-electron chi connectivity index (χ4n) is 2.07. The predicted octanol–water partition coefficient (Wildman–Crippen LogP) is 2.81. The molecule has 0 fully saturated rings. The molecule has 0 aliphatic carbocycles. The van der Waals surface area contributed by atoms with Gasteiger partial charge in [0.05, 0.1) is 19.3 Å². The molecule has 23 heavy (non-hydrogen) atoms. The Morgan fingerprint density at radius 1 is 1.39 bits per heavy atom. The van der Waals surface area contributed by atoms with Crippen LogP contribution in [0.25, 0.3) is 11.1 Å². The van der Waals surface area contributed by atoms with Crippen molar-refractivity contribution in [1.82, 2.24) is 15.0 Å². The van der Waals surface area contributed by atoms with Crippen molar-refractivity contribution in [3.63, 3.8) is 0 Å². The van der Waals surface area contributed by atoms with Crippen LogP contribution in [-0.4, -0.2) is 34.6 Å². The third-order valence-corrected chi connectivity index (χ3v) is 3.31. The van der Waals surface area contributed by atoms with Gasteiger partial charge in [0.1, 0.15) is 5.15 Å². The molecule has 2 heterocycles. The van der Waals surface area contributed by atoms with Gasteiger partial charge in [-0.1, -0.05) is 11.6 Å². The maximum absolute atomic E-state index is 11.6. The Morgan fingerprint density at radius 3 is 2.70 bits per heavy atom. The van der Waals surface area contributed by atoms with Crippen molar-refractivity contribution in [2.24, 2.45) is 0 Å². The molecule has 0 spiro atoms. The van der Waals surface area contributed by atoms with E-state index in [1.54, 1.807) is 18.5 Å². The van der Waals surface area contributed by atoms with Crippen molar-refractivity contribution in [1.29, 1.82) is 0 Å². The number of aryl methyl sites for hydroxylation is 1. The zero-order valence-corrected chi connectivity index (χ0v) is 14.1. The summed E-state index contributed by atoms with van der Waals surface area (Å²) in [5.74, 6) is -0.0807. The van der Waals surface area contributed by atoms with E-state index in [1.165, 1.54) is 14.0 Å². The summed E-state index contributed by atoms with van der Waals surface area (Å²) in [5, 5.41) is 1.11. The number of halogens is 1. The van der Waals surface area contributed by atoms with Crippen LogP contribution < -0.4 is 9.80 Å². The third kappa shape index (κ3) is 3.57. The molecule has 0 aliphatic heterocycles. The van der Waals surface area contributed by atoms with Crippen molar-refractivity contribution in [3.05, 3.63) is 29.2 Å². The van der Waals surface area contributed by atoms with Crippen LogP contribution in [0.1, 0.15) is 19.4 Å². The minimum Gasteiger partial charge on any atom is -0.477 e. The molecule has 0 N–H and O–H groups in total. The van der Waals surface area contributed by atoms with Crippen LogP contribution in [0.15, 0.2) is 18.5 Å². The van der Waals surface area contributed by atoms with E-state index in [2.05, 4.69) is 15.0 Å². The van der Waals surface area contributed by atoms with Crippen LogP contribution in [-0.2, 0) is 9.63 Å². The van der Waals surface area contributed by atoms with Gasteiger partial charge >= 0.3 is 0 Å². The number of hydroxylamine groups is 1. The van der Waals surface area contributed by atoms with Crippen molar-refractivity contribution in [2.45, 2.75) is 20.8 Å². The molecule has 0 aliphatic rings. The van der Waals surface area contributed by atoms with Gasteiger partial charge in [-0.3, -0.25) is 14.6 Å². The lowest BCUT2D eigenvalue weighted by Gasteiger charge is -2.18. The van der Waals surface area contributed by atoms with Crippen molar-refractivity contribution in [2.75, 3.05) is 18.8 Å². The van der Waals surface area contributed by atoms with Crippen LogP contribution in [0, 0.1) is 6.92 Å². The summed E-state index contributed by atoms with van der Waals surface area (Å²) in [7, 11) is 1.35. The third-order valence-electron chi connectivity index (χ3n) is 3.04. The Hall–Kier alpha value is -2.25. The summed E-state index contributed by atoms with van der Waals surface area (Å²) in [5.41, 5.74) is 2.27. The van der Waals surface area contributed by atoms with Gasteiger partial charge in [-0.2, -0.15) is 15.0 Å². The van der Waals surface area contributed by atoms with Gasteiger partial charge in [-0.25, -0.2) is 0 Å². The standard InChI is InChI=1S/C15H17ClN4O3/c1-5-23-14-12(11-6-7-17-8-9(11)2)13(16)18-15(19-14)20(22-4)10(3)21/h6-8H,5H2,1-4H3. The zero-order valence-electron chi connectivity index (χ0n) is 13.3. The number of rotatable bonds is 5. The number of nitrogens with zero attached hydrogens (tertiary/aromatic N) is 4. The summed E-state index contributed by atoms with van der Waals surface area (Å²) < 4.78 is 5.59. The second-order valence-corrected chi connectivity index (χ2v) is 4.97.